The number of carboxylic acid groups (broad SMARTS) is 1. The van der Waals surface area contributed by atoms with Crippen LogP contribution >= 0.6 is 0 Å². The second kappa shape index (κ2) is 6.37. The van der Waals surface area contributed by atoms with E-state index in [9.17, 15) is 9.90 Å². The quantitative estimate of drug-likeness (QED) is 0.840. The van der Waals surface area contributed by atoms with Crippen LogP contribution in [0.25, 0.3) is 10.8 Å². The van der Waals surface area contributed by atoms with Crippen LogP contribution in [0.4, 0.5) is 5.82 Å². The Hall–Kier alpha value is -2.10. The number of carbonyl (C=O) groups is 1. The zero-order valence-electron chi connectivity index (χ0n) is 11.9. The molecule has 0 aliphatic carbocycles. The fraction of sp³-hybridized carbons (Fsp3) is 0.375. The number of hydrogen-bond donors (Lipinski definition) is 2. The van der Waals surface area contributed by atoms with E-state index in [1.54, 1.807) is 0 Å². The lowest BCUT2D eigenvalue weighted by atomic mass is 10.0. The highest BCUT2D eigenvalue weighted by molar-refractivity contribution is 6.06. The lowest BCUT2D eigenvalue weighted by Gasteiger charge is -2.15. The van der Waals surface area contributed by atoms with Gasteiger partial charge >= 0.3 is 5.97 Å². The molecule has 0 fully saturated rings. The number of hydrogen-bond acceptors (Lipinski definition) is 3. The number of carboxylic acids is 1. The number of fused-ring (bicyclic) bond motifs is 1. The Bertz CT molecular complexity index is 606. The van der Waals surface area contributed by atoms with E-state index in [2.05, 4.69) is 24.1 Å². The smallest absolute Gasteiger partial charge is 0.337 e. The molecule has 0 radical (unpaired) electrons. The van der Waals surface area contributed by atoms with Gasteiger partial charge in [-0.15, -0.1) is 0 Å². The summed E-state index contributed by atoms with van der Waals surface area (Å²) < 4.78 is 0. The van der Waals surface area contributed by atoms with Crippen molar-refractivity contribution in [3.8, 4) is 0 Å². The van der Waals surface area contributed by atoms with Crippen LogP contribution in [0.2, 0.25) is 0 Å². The lowest BCUT2D eigenvalue weighted by Crippen LogP contribution is -2.14. The SMILES string of the molecule is CCC(CC)CNc1ncc(C(=O)O)c2ccccc12. The van der Waals surface area contributed by atoms with Gasteiger partial charge in [0.25, 0.3) is 0 Å². The van der Waals surface area contributed by atoms with Crippen molar-refractivity contribution >= 4 is 22.6 Å². The molecule has 1 heterocycles. The summed E-state index contributed by atoms with van der Waals surface area (Å²) in [5.41, 5.74) is 0.244. The molecule has 0 spiro atoms. The summed E-state index contributed by atoms with van der Waals surface area (Å²) in [6.07, 6.45) is 3.67. The predicted octanol–water partition coefficient (Wildman–Crippen LogP) is 3.78. The maximum Gasteiger partial charge on any atom is 0.337 e. The highest BCUT2D eigenvalue weighted by Gasteiger charge is 2.12. The largest absolute Gasteiger partial charge is 0.478 e. The number of aromatic nitrogens is 1. The predicted molar refractivity (Wildman–Crippen MR) is 81.3 cm³/mol. The van der Waals surface area contributed by atoms with Crippen LogP contribution in [0.1, 0.15) is 37.0 Å². The van der Waals surface area contributed by atoms with Gasteiger partial charge in [0, 0.05) is 23.5 Å². The third-order valence-corrected chi connectivity index (χ3v) is 3.74. The van der Waals surface area contributed by atoms with E-state index >= 15 is 0 Å². The monoisotopic (exact) mass is 272 g/mol. The number of pyridine rings is 1. The molecule has 0 unspecified atom stereocenters. The first kappa shape index (κ1) is 14.3. The summed E-state index contributed by atoms with van der Waals surface area (Å²) in [5, 5.41) is 14.1. The van der Waals surface area contributed by atoms with Crippen LogP contribution in [-0.2, 0) is 0 Å². The first-order valence-corrected chi connectivity index (χ1v) is 7.02. The Balaban J connectivity index is 2.36. The topological polar surface area (TPSA) is 62.2 Å². The van der Waals surface area contributed by atoms with Gasteiger partial charge in [-0.2, -0.15) is 0 Å². The number of nitrogens with zero attached hydrogens (tertiary/aromatic N) is 1. The van der Waals surface area contributed by atoms with Crippen molar-refractivity contribution in [1.82, 2.24) is 4.98 Å². The third-order valence-electron chi connectivity index (χ3n) is 3.74. The zero-order chi connectivity index (χ0) is 14.5. The molecule has 2 N–H and O–H groups in total. The highest BCUT2D eigenvalue weighted by atomic mass is 16.4. The molecule has 0 aliphatic rings. The molecule has 4 nitrogen and oxygen atoms in total. The van der Waals surface area contributed by atoms with Crippen LogP contribution < -0.4 is 5.32 Å². The standard InChI is InChI=1S/C16H20N2O2/c1-3-11(4-2)9-17-15-13-8-6-5-7-12(13)14(10-18-15)16(19)20/h5-8,10-11H,3-4,9H2,1-2H3,(H,17,18)(H,19,20). The molecule has 4 heteroatoms. The van der Waals surface area contributed by atoms with Gasteiger partial charge in [-0.05, 0) is 5.92 Å². The molecular formula is C16H20N2O2. The van der Waals surface area contributed by atoms with Gasteiger partial charge in [0.2, 0.25) is 0 Å². The molecule has 1 aromatic heterocycles. The first-order chi connectivity index (χ1) is 9.67. The van der Waals surface area contributed by atoms with Crippen LogP contribution in [-0.4, -0.2) is 22.6 Å². The van der Waals surface area contributed by atoms with Crippen molar-refractivity contribution < 1.29 is 9.90 Å². The normalized spacial score (nSPS) is 10.9. The molecule has 0 saturated carbocycles. The second-order valence-corrected chi connectivity index (χ2v) is 4.93. The average molecular weight is 272 g/mol. The Labute approximate surface area is 118 Å². The van der Waals surface area contributed by atoms with Gasteiger partial charge in [-0.25, -0.2) is 9.78 Å². The van der Waals surface area contributed by atoms with E-state index < -0.39 is 5.97 Å². The van der Waals surface area contributed by atoms with Crippen molar-refractivity contribution in [1.29, 1.82) is 0 Å². The number of aromatic carboxylic acids is 1. The van der Waals surface area contributed by atoms with E-state index in [0.717, 1.165) is 36.0 Å². The Morgan fingerprint density at radius 1 is 1.25 bits per heavy atom. The van der Waals surface area contributed by atoms with Crippen molar-refractivity contribution in [3.63, 3.8) is 0 Å². The van der Waals surface area contributed by atoms with Crippen molar-refractivity contribution in [3.05, 3.63) is 36.0 Å². The number of benzene rings is 1. The maximum atomic E-state index is 11.2. The average Bonchev–Trinajstić information content (AvgIpc) is 2.47. The molecule has 0 amide bonds. The third kappa shape index (κ3) is 2.90. The molecule has 1 aromatic carbocycles. The summed E-state index contributed by atoms with van der Waals surface area (Å²) >= 11 is 0. The highest BCUT2D eigenvalue weighted by Crippen LogP contribution is 2.25. The van der Waals surface area contributed by atoms with Gasteiger partial charge in [0.1, 0.15) is 5.82 Å². The lowest BCUT2D eigenvalue weighted by molar-refractivity contribution is 0.0698. The molecule has 0 bridgehead atoms. The Morgan fingerprint density at radius 2 is 1.90 bits per heavy atom. The van der Waals surface area contributed by atoms with E-state index in [1.165, 1.54) is 6.20 Å². The van der Waals surface area contributed by atoms with E-state index in [-0.39, 0.29) is 5.56 Å². The van der Waals surface area contributed by atoms with Gasteiger partial charge in [-0.3, -0.25) is 0 Å². The van der Waals surface area contributed by atoms with Crippen LogP contribution in [0.15, 0.2) is 30.5 Å². The van der Waals surface area contributed by atoms with E-state index in [1.807, 2.05) is 24.3 Å². The van der Waals surface area contributed by atoms with Crippen molar-refractivity contribution in [2.75, 3.05) is 11.9 Å². The molecule has 0 aliphatic heterocycles. The summed E-state index contributed by atoms with van der Waals surface area (Å²) in [5.74, 6) is 0.424. The van der Waals surface area contributed by atoms with E-state index in [4.69, 9.17) is 0 Å². The Kier molecular flexibility index (Phi) is 4.56. The zero-order valence-corrected chi connectivity index (χ0v) is 11.9. The minimum absolute atomic E-state index is 0.244. The number of rotatable bonds is 6. The fourth-order valence-electron chi connectivity index (χ4n) is 2.32. The summed E-state index contributed by atoms with van der Waals surface area (Å²) in [4.78, 5) is 15.5. The van der Waals surface area contributed by atoms with Crippen LogP contribution in [0, 0.1) is 5.92 Å². The molecular weight excluding hydrogens is 252 g/mol. The molecule has 2 rings (SSSR count). The molecule has 2 aromatic rings. The molecule has 106 valence electrons. The Morgan fingerprint density at radius 3 is 2.50 bits per heavy atom. The molecule has 0 saturated heterocycles. The maximum absolute atomic E-state index is 11.2. The van der Waals surface area contributed by atoms with Gasteiger partial charge in [-0.1, -0.05) is 51.0 Å². The summed E-state index contributed by atoms with van der Waals surface area (Å²) in [6.45, 7) is 5.21. The fourth-order valence-corrected chi connectivity index (χ4v) is 2.32. The molecule has 20 heavy (non-hydrogen) atoms. The summed E-state index contributed by atoms with van der Waals surface area (Å²) in [6, 6.07) is 7.48. The minimum atomic E-state index is -0.944. The van der Waals surface area contributed by atoms with Gasteiger partial charge in [0.15, 0.2) is 0 Å². The first-order valence-electron chi connectivity index (χ1n) is 7.02. The minimum Gasteiger partial charge on any atom is -0.478 e. The van der Waals surface area contributed by atoms with Gasteiger partial charge < -0.3 is 10.4 Å². The summed E-state index contributed by atoms with van der Waals surface area (Å²) in [7, 11) is 0. The van der Waals surface area contributed by atoms with Crippen molar-refractivity contribution in [2.45, 2.75) is 26.7 Å². The van der Waals surface area contributed by atoms with Crippen LogP contribution in [0.3, 0.4) is 0 Å². The van der Waals surface area contributed by atoms with E-state index in [0.29, 0.717) is 5.92 Å². The second-order valence-electron chi connectivity index (χ2n) is 4.93. The molecule has 0 atom stereocenters. The van der Waals surface area contributed by atoms with Crippen LogP contribution in [0.5, 0.6) is 0 Å². The van der Waals surface area contributed by atoms with Gasteiger partial charge in [0.05, 0.1) is 5.56 Å². The number of anilines is 1. The number of nitrogens with one attached hydrogen (secondary N) is 1. The van der Waals surface area contributed by atoms with Crippen molar-refractivity contribution in [2.24, 2.45) is 5.92 Å².